The summed E-state index contributed by atoms with van der Waals surface area (Å²) in [5.74, 6) is 0.0132. The van der Waals surface area contributed by atoms with Crippen molar-refractivity contribution in [2.75, 3.05) is 61.2 Å². The first kappa shape index (κ1) is 31.8. The Morgan fingerprint density at radius 2 is 1.41 bits per heavy atom. The van der Waals surface area contributed by atoms with Crippen molar-refractivity contribution in [3.8, 4) is 46.0 Å². The molecular formula is C32H36N2O10. The lowest BCUT2D eigenvalue weighted by Crippen LogP contribution is -2.49. The highest BCUT2D eigenvalue weighted by Gasteiger charge is 2.24. The van der Waals surface area contributed by atoms with Gasteiger partial charge in [0.1, 0.15) is 22.8 Å². The molecule has 1 heterocycles. The second kappa shape index (κ2) is 14.4. The van der Waals surface area contributed by atoms with E-state index in [-0.39, 0.29) is 35.3 Å². The van der Waals surface area contributed by atoms with Crippen LogP contribution in [0.1, 0.15) is 21.5 Å². The van der Waals surface area contributed by atoms with Crippen molar-refractivity contribution in [1.29, 1.82) is 0 Å². The number of phenols is 3. The van der Waals surface area contributed by atoms with Crippen LogP contribution >= 0.6 is 0 Å². The summed E-state index contributed by atoms with van der Waals surface area (Å²) >= 11 is 0. The molecule has 1 amide bonds. The van der Waals surface area contributed by atoms with Crippen LogP contribution in [0.15, 0.2) is 48.5 Å². The van der Waals surface area contributed by atoms with E-state index in [1.54, 1.807) is 38.4 Å². The van der Waals surface area contributed by atoms with Crippen molar-refractivity contribution < 1.29 is 48.6 Å². The topological polar surface area (TPSA) is 147 Å². The lowest BCUT2D eigenvalue weighted by atomic mass is 10.1. The third kappa shape index (κ3) is 7.27. The second-order valence-electron chi connectivity index (χ2n) is 9.90. The molecule has 3 aromatic carbocycles. The van der Waals surface area contributed by atoms with Crippen molar-refractivity contribution in [2.24, 2.45) is 0 Å². The smallest absolute Gasteiger partial charge is 0.260 e. The number of amides is 1. The lowest BCUT2D eigenvalue weighted by molar-refractivity contribution is -0.135. The number of methoxy groups -OCH3 is 4. The Morgan fingerprint density at radius 1 is 0.773 bits per heavy atom. The summed E-state index contributed by atoms with van der Waals surface area (Å²) in [6.45, 7) is 2.52. The maximum atomic E-state index is 12.8. The number of carbonyl (C=O) groups excluding carboxylic acids is 2. The number of hydrogen-bond acceptors (Lipinski definition) is 11. The minimum absolute atomic E-state index is 0.0353. The average molecular weight is 609 g/mol. The molecule has 12 nitrogen and oxygen atoms in total. The monoisotopic (exact) mass is 608 g/mol. The van der Waals surface area contributed by atoms with Gasteiger partial charge in [0, 0.05) is 50.4 Å². The summed E-state index contributed by atoms with van der Waals surface area (Å²) in [4.78, 5) is 29.4. The predicted molar refractivity (Wildman–Crippen MR) is 161 cm³/mol. The summed E-state index contributed by atoms with van der Waals surface area (Å²) in [7, 11) is 6.13. The minimum Gasteiger partial charge on any atom is -0.507 e. The zero-order valence-electron chi connectivity index (χ0n) is 25.0. The first-order chi connectivity index (χ1) is 21.2. The molecule has 1 fully saturated rings. The molecule has 0 aliphatic carbocycles. The van der Waals surface area contributed by atoms with Crippen LogP contribution < -0.4 is 23.7 Å². The molecule has 4 rings (SSSR count). The molecule has 0 unspecified atom stereocenters. The minimum atomic E-state index is -0.665. The van der Waals surface area contributed by atoms with Crippen molar-refractivity contribution in [3.63, 3.8) is 0 Å². The standard InChI is InChI=1S/C32H36N2O10/c1-40-27-9-6-20(15-24(27)36)5-8-23(35)30-25(37)16-22(17-26(30)38)44-19-29(39)34-13-11-33(12-14-34)18-21-7-10-28(41-2)32(43-4)31(21)42-3/h5-10,15-17,36-38H,11-14,18-19H2,1-4H3/b8-5+. The highest BCUT2D eigenvalue weighted by molar-refractivity contribution is 6.10. The van der Waals surface area contributed by atoms with Gasteiger partial charge in [0.2, 0.25) is 5.75 Å². The first-order valence-electron chi connectivity index (χ1n) is 13.7. The molecule has 3 aromatic rings. The maximum absolute atomic E-state index is 12.8. The molecule has 234 valence electrons. The number of carbonyl (C=O) groups is 2. The summed E-state index contributed by atoms with van der Waals surface area (Å²) in [5.41, 5.74) is 1.13. The van der Waals surface area contributed by atoms with Crippen molar-refractivity contribution in [3.05, 3.63) is 65.2 Å². The van der Waals surface area contributed by atoms with E-state index >= 15 is 0 Å². The van der Waals surface area contributed by atoms with Crippen LogP contribution in [0, 0.1) is 0 Å². The van der Waals surface area contributed by atoms with E-state index in [9.17, 15) is 24.9 Å². The second-order valence-corrected chi connectivity index (χ2v) is 9.90. The van der Waals surface area contributed by atoms with Crippen LogP contribution in [0.4, 0.5) is 0 Å². The lowest BCUT2D eigenvalue weighted by Gasteiger charge is -2.35. The molecule has 0 radical (unpaired) electrons. The van der Waals surface area contributed by atoms with Gasteiger partial charge >= 0.3 is 0 Å². The Labute approximate surface area is 255 Å². The number of nitrogens with zero attached hydrogens (tertiary/aromatic N) is 2. The molecular weight excluding hydrogens is 572 g/mol. The molecule has 0 aromatic heterocycles. The van der Waals surface area contributed by atoms with E-state index in [0.29, 0.717) is 55.5 Å². The predicted octanol–water partition coefficient (Wildman–Crippen LogP) is 3.46. The van der Waals surface area contributed by atoms with Crippen molar-refractivity contribution in [2.45, 2.75) is 6.54 Å². The zero-order chi connectivity index (χ0) is 31.8. The van der Waals surface area contributed by atoms with Crippen LogP contribution in [0.5, 0.6) is 46.0 Å². The number of phenolic OH excluding ortho intramolecular Hbond substituents is 3. The Hall–Kier alpha value is -5.10. The van der Waals surface area contributed by atoms with Gasteiger partial charge in [-0.15, -0.1) is 0 Å². The largest absolute Gasteiger partial charge is 0.507 e. The van der Waals surface area contributed by atoms with E-state index in [2.05, 4.69) is 4.90 Å². The summed E-state index contributed by atoms with van der Waals surface area (Å²) in [6, 6.07) is 10.7. The Kier molecular flexibility index (Phi) is 10.4. The van der Waals surface area contributed by atoms with Crippen LogP contribution in [0.2, 0.25) is 0 Å². The van der Waals surface area contributed by atoms with Gasteiger partial charge in [0.15, 0.2) is 35.4 Å². The number of benzene rings is 3. The quantitative estimate of drug-likeness (QED) is 0.205. The maximum Gasteiger partial charge on any atom is 0.260 e. The summed E-state index contributed by atoms with van der Waals surface area (Å²) < 4.78 is 26.9. The molecule has 0 saturated carbocycles. The summed E-state index contributed by atoms with van der Waals surface area (Å²) in [5, 5.41) is 30.8. The molecule has 3 N–H and O–H groups in total. The Morgan fingerprint density at radius 3 is 2.00 bits per heavy atom. The van der Waals surface area contributed by atoms with Gasteiger partial charge in [0.25, 0.3) is 5.91 Å². The van der Waals surface area contributed by atoms with Crippen LogP contribution in [0.25, 0.3) is 6.08 Å². The number of ketones is 1. The number of ether oxygens (including phenoxy) is 5. The van der Waals surface area contributed by atoms with Crippen LogP contribution in [-0.2, 0) is 11.3 Å². The Balaban J connectivity index is 1.31. The average Bonchev–Trinajstić information content (AvgIpc) is 3.02. The fraction of sp³-hybridized carbons (Fsp3) is 0.312. The van der Waals surface area contributed by atoms with Crippen LogP contribution in [0.3, 0.4) is 0 Å². The molecule has 0 spiro atoms. The third-order valence-electron chi connectivity index (χ3n) is 7.21. The fourth-order valence-electron chi connectivity index (χ4n) is 4.91. The van der Waals surface area contributed by atoms with E-state index in [1.807, 2.05) is 12.1 Å². The molecule has 44 heavy (non-hydrogen) atoms. The fourth-order valence-corrected chi connectivity index (χ4v) is 4.91. The first-order valence-corrected chi connectivity index (χ1v) is 13.7. The number of aromatic hydroxyl groups is 3. The Bertz CT molecular complexity index is 1510. The molecule has 1 aliphatic rings. The van der Waals surface area contributed by atoms with Gasteiger partial charge in [0.05, 0.1) is 28.4 Å². The SMILES string of the molecule is COc1ccc(/C=C/C(=O)c2c(O)cc(OCC(=O)N3CCN(Cc4ccc(OC)c(OC)c4OC)CC3)cc2O)cc1O. The number of allylic oxidation sites excluding steroid dienone is 1. The number of piperazine rings is 1. The molecule has 0 bridgehead atoms. The molecule has 1 saturated heterocycles. The summed E-state index contributed by atoms with van der Waals surface area (Å²) in [6.07, 6.45) is 2.58. The third-order valence-corrected chi connectivity index (χ3v) is 7.21. The van der Waals surface area contributed by atoms with Gasteiger partial charge in [-0.25, -0.2) is 0 Å². The van der Waals surface area contributed by atoms with Crippen molar-refractivity contribution in [1.82, 2.24) is 9.80 Å². The normalized spacial score (nSPS) is 13.5. The van der Waals surface area contributed by atoms with Gasteiger partial charge in [-0.2, -0.15) is 0 Å². The van der Waals surface area contributed by atoms with Gasteiger partial charge in [-0.1, -0.05) is 18.2 Å². The van der Waals surface area contributed by atoms with Crippen LogP contribution in [-0.4, -0.2) is 98.0 Å². The van der Waals surface area contributed by atoms with E-state index < -0.39 is 17.3 Å². The van der Waals surface area contributed by atoms with E-state index in [1.165, 1.54) is 31.4 Å². The highest BCUT2D eigenvalue weighted by Crippen LogP contribution is 2.40. The zero-order valence-corrected chi connectivity index (χ0v) is 25.0. The van der Waals surface area contributed by atoms with Gasteiger partial charge < -0.3 is 43.9 Å². The number of rotatable bonds is 12. The van der Waals surface area contributed by atoms with Gasteiger partial charge in [-0.3, -0.25) is 14.5 Å². The molecule has 1 aliphatic heterocycles. The van der Waals surface area contributed by atoms with E-state index in [0.717, 1.165) is 11.6 Å². The van der Waals surface area contributed by atoms with Gasteiger partial charge in [-0.05, 0) is 29.8 Å². The highest BCUT2D eigenvalue weighted by atomic mass is 16.5. The molecule has 0 atom stereocenters. The van der Waals surface area contributed by atoms with Crippen molar-refractivity contribution >= 4 is 17.8 Å². The number of hydrogen-bond donors (Lipinski definition) is 3. The van der Waals surface area contributed by atoms with E-state index in [4.69, 9.17) is 23.7 Å². The molecule has 12 heteroatoms.